The summed E-state index contributed by atoms with van der Waals surface area (Å²) in [5.41, 5.74) is 2.99. The van der Waals surface area contributed by atoms with Gasteiger partial charge in [0, 0.05) is 13.5 Å². The molecule has 0 atom stereocenters. The Morgan fingerprint density at radius 2 is 2.07 bits per heavy atom. The molecule has 0 aliphatic carbocycles. The van der Waals surface area contributed by atoms with E-state index >= 15 is 0 Å². The minimum absolute atomic E-state index is 0.00222. The van der Waals surface area contributed by atoms with Gasteiger partial charge in [0.2, 0.25) is 5.91 Å². The Morgan fingerprint density at radius 1 is 1.36 bits per heavy atom. The molecule has 1 N–H and O–H groups in total. The van der Waals surface area contributed by atoms with Crippen molar-refractivity contribution in [2.75, 3.05) is 0 Å². The van der Waals surface area contributed by atoms with E-state index in [0.29, 0.717) is 17.7 Å². The summed E-state index contributed by atoms with van der Waals surface area (Å²) in [6.45, 7) is 7.28. The summed E-state index contributed by atoms with van der Waals surface area (Å²) in [5, 5.41) is 12.5. The summed E-state index contributed by atoms with van der Waals surface area (Å²) in [7, 11) is 0. The average Bonchev–Trinajstić information content (AvgIpc) is 3.07. The highest BCUT2D eigenvalue weighted by Crippen LogP contribution is 2.35. The smallest absolute Gasteiger partial charge is 0.217 e. The maximum absolute atomic E-state index is 14.9. The number of carbonyl (C=O) groups is 1. The quantitative estimate of drug-likeness (QED) is 0.700. The largest absolute Gasteiger partial charge is 0.352 e. The summed E-state index contributed by atoms with van der Waals surface area (Å²) >= 11 is 6.00. The number of aromatic nitrogens is 2. The molecule has 0 unspecified atom stereocenters. The van der Waals surface area contributed by atoms with Gasteiger partial charge in [-0.2, -0.15) is 5.26 Å². The molecule has 0 saturated carbocycles. The fourth-order valence-electron chi connectivity index (χ4n) is 3.24. The van der Waals surface area contributed by atoms with E-state index < -0.39 is 11.2 Å². The number of nitriles is 1. The maximum atomic E-state index is 14.9. The number of rotatable bonds is 4. The van der Waals surface area contributed by atoms with Crippen LogP contribution in [0.4, 0.5) is 4.39 Å². The van der Waals surface area contributed by atoms with Crippen LogP contribution in [0.2, 0.25) is 5.02 Å². The van der Waals surface area contributed by atoms with Gasteiger partial charge in [-0.3, -0.25) is 9.36 Å². The van der Waals surface area contributed by atoms with E-state index in [1.807, 2.05) is 19.1 Å². The standard InChI is InChI=1S/C21H20ClFN4O/c1-12-14(9-25-13(2)28)5-6-15(21(3,4)10-24)19(12)27-11-26-17-8-7-16(22)18(23)20(17)27/h5-8,11H,9H2,1-4H3,(H,25,28). The molecule has 7 heteroatoms. The third kappa shape index (κ3) is 3.34. The first kappa shape index (κ1) is 19.8. The molecule has 0 radical (unpaired) electrons. The molecular weight excluding hydrogens is 379 g/mol. The average molecular weight is 399 g/mol. The first-order valence-electron chi connectivity index (χ1n) is 8.77. The second-order valence-corrected chi connectivity index (χ2v) is 7.64. The summed E-state index contributed by atoms with van der Waals surface area (Å²) in [6.07, 6.45) is 1.53. The van der Waals surface area contributed by atoms with Crippen LogP contribution in [-0.4, -0.2) is 15.5 Å². The number of imidazole rings is 1. The van der Waals surface area contributed by atoms with Crippen molar-refractivity contribution in [3.63, 3.8) is 0 Å². The van der Waals surface area contributed by atoms with E-state index in [-0.39, 0.29) is 16.4 Å². The van der Waals surface area contributed by atoms with Crippen LogP contribution in [0.1, 0.15) is 37.5 Å². The van der Waals surface area contributed by atoms with Crippen LogP contribution >= 0.6 is 11.6 Å². The van der Waals surface area contributed by atoms with Crippen molar-refractivity contribution in [1.29, 1.82) is 5.26 Å². The molecule has 1 amide bonds. The fraction of sp³-hybridized carbons (Fsp3) is 0.286. The van der Waals surface area contributed by atoms with E-state index in [1.54, 1.807) is 24.5 Å². The van der Waals surface area contributed by atoms with Gasteiger partial charge in [-0.1, -0.05) is 23.7 Å². The van der Waals surface area contributed by atoms with Crippen molar-refractivity contribution < 1.29 is 9.18 Å². The molecule has 0 fully saturated rings. The van der Waals surface area contributed by atoms with Gasteiger partial charge in [0.15, 0.2) is 5.82 Å². The van der Waals surface area contributed by atoms with Crippen LogP contribution in [0.15, 0.2) is 30.6 Å². The first-order chi connectivity index (χ1) is 13.2. The number of amides is 1. The van der Waals surface area contributed by atoms with Crippen molar-refractivity contribution in [1.82, 2.24) is 14.9 Å². The van der Waals surface area contributed by atoms with E-state index in [1.165, 1.54) is 19.3 Å². The molecule has 28 heavy (non-hydrogen) atoms. The molecule has 0 aliphatic rings. The summed E-state index contributed by atoms with van der Waals surface area (Å²) in [5.74, 6) is -0.711. The Kier molecular flexibility index (Phi) is 5.14. The zero-order valence-electron chi connectivity index (χ0n) is 16.1. The first-order valence-corrected chi connectivity index (χ1v) is 9.15. The molecule has 0 spiro atoms. The van der Waals surface area contributed by atoms with Gasteiger partial charge in [-0.15, -0.1) is 0 Å². The molecule has 3 aromatic rings. The van der Waals surface area contributed by atoms with Gasteiger partial charge < -0.3 is 5.32 Å². The van der Waals surface area contributed by atoms with E-state index in [2.05, 4.69) is 16.4 Å². The van der Waals surface area contributed by atoms with Gasteiger partial charge in [-0.05, 0) is 49.6 Å². The molecule has 0 bridgehead atoms. The van der Waals surface area contributed by atoms with Crippen LogP contribution in [0.5, 0.6) is 0 Å². The summed E-state index contributed by atoms with van der Waals surface area (Å²) in [4.78, 5) is 15.6. The summed E-state index contributed by atoms with van der Waals surface area (Å²) < 4.78 is 16.5. The fourth-order valence-corrected chi connectivity index (χ4v) is 3.39. The number of hydrogen-bond acceptors (Lipinski definition) is 3. The predicted octanol–water partition coefficient (Wildman–Crippen LogP) is 4.56. The second-order valence-electron chi connectivity index (χ2n) is 7.24. The van der Waals surface area contributed by atoms with Crippen molar-refractivity contribution >= 4 is 28.5 Å². The van der Waals surface area contributed by atoms with Gasteiger partial charge >= 0.3 is 0 Å². The lowest BCUT2D eigenvalue weighted by atomic mass is 9.82. The maximum Gasteiger partial charge on any atom is 0.217 e. The van der Waals surface area contributed by atoms with Crippen LogP contribution in [-0.2, 0) is 16.8 Å². The zero-order valence-corrected chi connectivity index (χ0v) is 16.9. The molecule has 3 rings (SSSR count). The monoisotopic (exact) mass is 398 g/mol. The minimum atomic E-state index is -0.821. The number of fused-ring (bicyclic) bond motifs is 1. The third-order valence-electron chi connectivity index (χ3n) is 4.87. The lowest BCUT2D eigenvalue weighted by molar-refractivity contribution is -0.119. The lowest BCUT2D eigenvalue weighted by Gasteiger charge is -2.24. The van der Waals surface area contributed by atoms with Crippen molar-refractivity contribution in [2.24, 2.45) is 0 Å². The molecule has 0 aliphatic heterocycles. The topological polar surface area (TPSA) is 70.7 Å². The zero-order chi connectivity index (χ0) is 20.6. The second kappa shape index (κ2) is 7.25. The van der Waals surface area contributed by atoms with Gasteiger partial charge in [0.1, 0.15) is 11.8 Å². The Balaban J connectivity index is 2.35. The van der Waals surface area contributed by atoms with Crippen molar-refractivity contribution in [3.8, 4) is 11.8 Å². The van der Waals surface area contributed by atoms with E-state index in [4.69, 9.17) is 11.6 Å². The van der Waals surface area contributed by atoms with Crippen molar-refractivity contribution in [3.05, 3.63) is 58.1 Å². The molecule has 5 nitrogen and oxygen atoms in total. The van der Waals surface area contributed by atoms with Crippen molar-refractivity contribution in [2.45, 2.75) is 39.7 Å². The van der Waals surface area contributed by atoms with Crippen LogP contribution in [0.3, 0.4) is 0 Å². The molecule has 0 saturated heterocycles. The molecule has 144 valence electrons. The molecule has 1 heterocycles. The highest BCUT2D eigenvalue weighted by atomic mass is 35.5. The van der Waals surface area contributed by atoms with E-state index in [0.717, 1.165) is 16.7 Å². The number of halogens is 2. The number of nitrogens with zero attached hydrogens (tertiary/aromatic N) is 3. The predicted molar refractivity (Wildman–Crippen MR) is 107 cm³/mol. The van der Waals surface area contributed by atoms with E-state index in [9.17, 15) is 14.4 Å². The third-order valence-corrected chi connectivity index (χ3v) is 5.16. The molecule has 2 aromatic carbocycles. The number of benzene rings is 2. The molecular formula is C21H20ClFN4O. The Bertz CT molecular complexity index is 1130. The number of nitrogens with one attached hydrogen (secondary N) is 1. The van der Waals surface area contributed by atoms with Gasteiger partial charge in [0.25, 0.3) is 0 Å². The lowest BCUT2D eigenvalue weighted by Crippen LogP contribution is -2.22. The summed E-state index contributed by atoms with van der Waals surface area (Å²) in [6, 6.07) is 9.16. The number of carbonyl (C=O) groups excluding carboxylic acids is 1. The van der Waals surface area contributed by atoms with Crippen LogP contribution in [0.25, 0.3) is 16.7 Å². The Morgan fingerprint density at radius 3 is 2.71 bits per heavy atom. The Hall–Kier alpha value is -2.91. The number of hydrogen-bond donors (Lipinski definition) is 1. The van der Waals surface area contributed by atoms with Crippen LogP contribution < -0.4 is 5.32 Å². The highest BCUT2D eigenvalue weighted by Gasteiger charge is 2.27. The Labute approximate surface area is 167 Å². The minimum Gasteiger partial charge on any atom is -0.352 e. The van der Waals surface area contributed by atoms with Gasteiger partial charge in [0.05, 0.1) is 27.7 Å². The van der Waals surface area contributed by atoms with Gasteiger partial charge in [-0.25, -0.2) is 9.37 Å². The highest BCUT2D eigenvalue weighted by molar-refractivity contribution is 6.31. The van der Waals surface area contributed by atoms with Crippen LogP contribution in [0, 0.1) is 24.1 Å². The molecule has 1 aromatic heterocycles. The normalized spacial score (nSPS) is 11.5. The SMILES string of the molecule is CC(=O)NCc1ccc(C(C)(C)C#N)c(-n2cnc3ccc(Cl)c(F)c32)c1C.